The summed E-state index contributed by atoms with van der Waals surface area (Å²) in [6.07, 6.45) is 0.522. The first-order chi connectivity index (χ1) is 9.35. The molecule has 0 aromatic heterocycles. The summed E-state index contributed by atoms with van der Waals surface area (Å²) in [4.78, 5) is 24.3. The van der Waals surface area contributed by atoms with E-state index in [1.165, 1.54) is 6.92 Å². The third kappa shape index (κ3) is 5.46. The van der Waals surface area contributed by atoms with Crippen molar-refractivity contribution in [1.82, 2.24) is 15.5 Å². The number of likely N-dealkylation sites (N-methyl/N-ethyl adjacent to an activating group) is 1. The van der Waals surface area contributed by atoms with Crippen molar-refractivity contribution in [2.45, 2.75) is 26.3 Å². The number of carbonyl (C=O) groups excluding carboxylic acids is 2. The summed E-state index contributed by atoms with van der Waals surface area (Å²) in [7, 11) is -2.98. The van der Waals surface area contributed by atoms with Gasteiger partial charge in [-0.3, -0.25) is 9.59 Å². The molecule has 0 bridgehead atoms. The van der Waals surface area contributed by atoms with Crippen molar-refractivity contribution in [3.63, 3.8) is 0 Å². The molecule has 0 aliphatic carbocycles. The van der Waals surface area contributed by atoms with Gasteiger partial charge in [0.05, 0.1) is 18.1 Å². The van der Waals surface area contributed by atoms with E-state index in [9.17, 15) is 18.0 Å². The first-order valence-electron chi connectivity index (χ1n) is 6.80. The van der Waals surface area contributed by atoms with Crippen molar-refractivity contribution in [2.24, 2.45) is 0 Å². The molecule has 1 fully saturated rings. The van der Waals surface area contributed by atoms with Gasteiger partial charge in [-0.1, -0.05) is 0 Å². The molecule has 0 saturated carbocycles. The Morgan fingerprint density at radius 2 is 2.00 bits per heavy atom. The quantitative estimate of drug-likeness (QED) is 0.573. The molecule has 0 spiro atoms. The lowest BCUT2D eigenvalue weighted by molar-refractivity contribution is -0.131. The number of nitrogens with one attached hydrogen (secondary N) is 2. The number of carbonyl (C=O) groups is 2. The minimum absolute atomic E-state index is 0.0679. The van der Waals surface area contributed by atoms with Crippen molar-refractivity contribution < 1.29 is 18.0 Å². The van der Waals surface area contributed by atoms with Gasteiger partial charge < -0.3 is 15.5 Å². The number of hydrogen-bond acceptors (Lipinski definition) is 5. The van der Waals surface area contributed by atoms with Crippen LogP contribution in [0.3, 0.4) is 0 Å². The number of hydrogen-bond donors (Lipinski definition) is 2. The van der Waals surface area contributed by atoms with E-state index in [4.69, 9.17) is 0 Å². The monoisotopic (exact) mass is 305 g/mol. The molecule has 0 unspecified atom stereocenters. The largest absolute Gasteiger partial charge is 0.355 e. The summed E-state index contributed by atoms with van der Waals surface area (Å²) in [5, 5.41) is 5.57. The van der Waals surface area contributed by atoms with Crippen molar-refractivity contribution in [3.8, 4) is 0 Å². The van der Waals surface area contributed by atoms with Gasteiger partial charge in [0.2, 0.25) is 11.8 Å². The normalized spacial score (nSPS) is 20.6. The summed E-state index contributed by atoms with van der Waals surface area (Å²) < 4.78 is 22.9. The fourth-order valence-electron chi connectivity index (χ4n) is 2.28. The van der Waals surface area contributed by atoms with Crippen LogP contribution in [0.25, 0.3) is 0 Å². The highest BCUT2D eigenvalue weighted by Crippen LogP contribution is 2.17. The lowest BCUT2D eigenvalue weighted by atomic mass is 10.2. The van der Waals surface area contributed by atoms with Crippen LogP contribution in [0, 0.1) is 0 Å². The molecule has 20 heavy (non-hydrogen) atoms. The van der Waals surface area contributed by atoms with E-state index in [1.54, 1.807) is 4.90 Å². The van der Waals surface area contributed by atoms with Gasteiger partial charge in [-0.25, -0.2) is 8.42 Å². The molecule has 0 aromatic rings. The molecular weight excluding hydrogens is 282 g/mol. The van der Waals surface area contributed by atoms with Crippen molar-refractivity contribution in [2.75, 3.05) is 37.7 Å². The molecule has 7 nitrogen and oxygen atoms in total. The molecule has 0 aromatic carbocycles. The second-order valence-electron chi connectivity index (χ2n) is 4.90. The lowest BCUT2D eigenvalue weighted by Crippen LogP contribution is -2.46. The maximum absolute atomic E-state index is 12.1. The SMILES string of the molecule is CCN(C(=O)CNCCNC(C)=O)[C@@H]1CCS(=O)(=O)C1. The molecular formula is C12H23N3O4S. The van der Waals surface area contributed by atoms with Gasteiger partial charge in [0.1, 0.15) is 0 Å². The summed E-state index contributed by atoms with van der Waals surface area (Å²) >= 11 is 0. The molecule has 2 amide bonds. The summed E-state index contributed by atoms with van der Waals surface area (Å²) in [6, 6.07) is -0.199. The van der Waals surface area contributed by atoms with E-state index in [1.807, 2.05) is 6.92 Å². The van der Waals surface area contributed by atoms with Crippen LogP contribution in [-0.2, 0) is 19.4 Å². The standard InChI is InChI=1S/C12H23N3O4S/c1-3-15(11-4-7-20(18,19)9-11)12(17)8-13-5-6-14-10(2)16/h11,13H,3-9H2,1-2H3,(H,14,16)/t11-/m1/s1. The Bertz CT molecular complexity index is 450. The minimum Gasteiger partial charge on any atom is -0.355 e. The summed E-state index contributed by atoms with van der Waals surface area (Å²) in [6.45, 7) is 4.92. The molecule has 1 aliphatic rings. The summed E-state index contributed by atoms with van der Waals surface area (Å²) in [5.41, 5.74) is 0. The zero-order valence-corrected chi connectivity index (χ0v) is 12.8. The molecule has 1 atom stereocenters. The zero-order valence-electron chi connectivity index (χ0n) is 12.0. The van der Waals surface area contributed by atoms with E-state index in [-0.39, 0.29) is 35.9 Å². The van der Waals surface area contributed by atoms with E-state index in [2.05, 4.69) is 10.6 Å². The van der Waals surface area contributed by atoms with E-state index in [0.717, 1.165) is 0 Å². The number of sulfone groups is 1. The topological polar surface area (TPSA) is 95.6 Å². The van der Waals surface area contributed by atoms with Crippen molar-refractivity contribution in [1.29, 1.82) is 0 Å². The van der Waals surface area contributed by atoms with Crippen LogP contribution in [0.15, 0.2) is 0 Å². The Labute approximate surface area is 120 Å². The molecule has 1 rings (SSSR count). The van der Waals surface area contributed by atoms with Gasteiger partial charge in [-0.05, 0) is 13.3 Å². The van der Waals surface area contributed by atoms with Gasteiger partial charge in [0.15, 0.2) is 9.84 Å². The molecule has 0 radical (unpaired) electrons. The fourth-order valence-corrected chi connectivity index (χ4v) is 4.01. The maximum Gasteiger partial charge on any atom is 0.236 e. The Kier molecular flexibility index (Phi) is 6.41. The summed E-state index contributed by atoms with van der Waals surface area (Å²) in [5.74, 6) is 0.0254. The van der Waals surface area contributed by atoms with Crippen LogP contribution in [0.5, 0.6) is 0 Å². The average molecular weight is 305 g/mol. The first kappa shape index (κ1) is 16.9. The number of rotatable bonds is 7. The first-order valence-corrected chi connectivity index (χ1v) is 8.63. The van der Waals surface area contributed by atoms with Crippen molar-refractivity contribution in [3.05, 3.63) is 0 Å². The smallest absolute Gasteiger partial charge is 0.236 e. The van der Waals surface area contributed by atoms with Crippen LogP contribution < -0.4 is 10.6 Å². The second kappa shape index (κ2) is 7.58. The Balaban J connectivity index is 2.34. The molecule has 1 aliphatic heterocycles. The third-order valence-corrected chi connectivity index (χ3v) is 5.01. The highest BCUT2D eigenvalue weighted by atomic mass is 32.2. The highest BCUT2D eigenvalue weighted by molar-refractivity contribution is 7.91. The van der Waals surface area contributed by atoms with Gasteiger partial charge in [-0.2, -0.15) is 0 Å². The second-order valence-corrected chi connectivity index (χ2v) is 7.13. The average Bonchev–Trinajstić information content (AvgIpc) is 2.69. The predicted molar refractivity (Wildman–Crippen MR) is 76.0 cm³/mol. The van der Waals surface area contributed by atoms with E-state index in [0.29, 0.717) is 26.1 Å². The van der Waals surface area contributed by atoms with E-state index < -0.39 is 9.84 Å². The van der Waals surface area contributed by atoms with Gasteiger partial charge in [-0.15, -0.1) is 0 Å². The molecule has 1 saturated heterocycles. The zero-order chi connectivity index (χ0) is 15.2. The minimum atomic E-state index is -2.98. The Hall–Kier alpha value is -1.15. The van der Waals surface area contributed by atoms with Crippen LogP contribution in [0.4, 0.5) is 0 Å². The molecule has 116 valence electrons. The third-order valence-electron chi connectivity index (χ3n) is 3.26. The number of amides is 2. The van der Waals surface area contributed by atoms with E-state index >= 15 is 0 Å². The predicted octanol–water partition coefficient (Wildman–Crippen LogP) is -1.25. The number of nitrogens with zero attached hydrogens (tertiary/aromatic N) is 1. The molecule has 2 N–H and O–H groups in total. The van der Waals surface area contributed by atoms with Gasteiger partial charge >= 0.3 is 0 Å². The van der Waals surface area contributed by atoms with Crippen molar-refractivity contribution >= 4 is 21.7 Å². The van der Waals surface area contributed by atoms with Crippen LogP contribution in [0.1, 0.15) is 20.3 Å². The highest BCUT2D eigenvalue weighted by Gasteiger charge is 2.33. The van der Waals surface area contributed by atoms with Gasteiger partial charge in [0.25, 0.3) is 0 Å². The van der Waals surface area contributed by atoms with Gasteiger partial charge in [0, 0.05) is 32.6 Å². The molecule has 1 heterocycles. The Morgan fingerprint density at radius 1 is 1.30 bits per heavy atom. The molecule has 8 heteroatoms. The lowest BCUT2D eigenvalue weighted by Gasteiger charge is -2.27. The fraction of sp³-hybridized carbons (Fsp3) is 0.833. The Morgan fingerprint density at radius 3 is 2.50 bits per heavy atom. The van der Waals surface area contributed by atoms with Crippen LogP contribution in [-0.4, -0.2) is 68.9 Å². The maximum atomic E-state index is 12.1. The van der Waals surface area contributed by atoms with Crippen LogP contribution in [0.2, 0.25) is 0 Å². The van der Waals surface area contributed by atoms with Crippen LogP contribution >= 0.6 is 0 Å².